The van der Waals surface area contributed by atoms with Crippen molar-refractivity contribution in [2.24, 2.45) is 0 Å². The van der Waals surface area contributed by atoms with Crippen LogP contribution in [-0.4, -0.2) is 60.4 Å². The zero-order valence-corrected chi connectivity index (χ0v) is 18.6. The van der Waals surface area contributed by atoms with Gasteiger partial charge in [0.1, 0.15) is 0 Å². The summed E-state index contributed by atoms with van der Waals surface area (Å²) in [6.45, 7) is 1.41. The molecular formula is C21H21N3O3S3. The largest absolute Gasteiger partial charge is 0.339 e. The second kappa shape index (κ2) is 9.30. The number of amides is 1. The number of benzene rings is 2. The molecule has 0 spiro atoms. The van der Waals surface area contributed by atoms with Gasteiger partial charge in [-0.2, -0.15) is 4.31 Å². The van der Waals surface area contributed by atoms with Gasteiger partial charge in [-0.3, -0.25) is 4.79 Å². The third kappa shape index (κ3) is 5.10. The van der Waals surface area contributed by atoms with Crippen molar-refractivity contribution in [1.82, 2.24) is 14.2 Å². The van der Waals surface area contributed by atoms with Crippen LogP contribution >= 0.6 is 23.1 Å². The van der Waals surface area contributed by atoms with E-state index in [1.165, 1.54) is 21.5 Å². The highest BCUT2D eigenvalue weighted by Crippen LogP contribution is 2.29. The van der Waals surface area contributed by atoms with Gasteiger partial charge in [-0.25, -0.2) is 13.4 Å². The van der Waals surface area contributed by atoms with Gasteiger partial charge < -0.3 is 4.90 Å². The van der Waals surface area contributed by atoms with Crippen LogP contribution in [0, 0.1) is 0 Å². The summed E-state index contributed by atoms with van der Waals surface area (Å²) < 4.78 is 28.5. The van der Waals surface area contributed by atoms with Crippen molar-refractivity contribution in [2.45, 2.75) is 4.34 Å². The lowest BCUT2D eigenvalue weighted by Gasteiger charge is -2.33. The predicted octanol–water partition coefficient (Wildman–Crippen LogP) is 3.53. The SMILES string of the molecule is O=C(CSc1nc2ccccc2s1)N1CCN(S(=O)(=O)/C=C/c2ccccc2)CC1. The number of thiazole rings is 1. The maximum absolute atomic E-state index is 12.6. The topological polar surface area (TPSA) is 70.6 Å². The van der Waals surface area contributed by atoms with Crippen LogP contribution in [0.3, 0.4) is 0 Å². The van der Waals surface area contributed by atoms with E-state index < -0.39 is 10.0 Å². The van der Waals surface area contributed by atoms with Crippen LogP contribution in [0.1, 0.15) is 5.56 Å². The number of rotatable bonds is 6. The van der Waals surface area contributed by atoms with E-state index in [-0.39, 0.29) is 5.91 Å². The lowest BCUT2D eigenvalue weighted by atomic mass is 10.2. The standard InChI is InChI=1S/C21H21N3O3S3/c25-20(16-28-21-22-18-8-4-5-9-19(18)29-21)23-11-13-24(14-12-23)30(26,27)15-10-17-6-2-1-3-7-17/h1-10,15H,11-14,16H2/b15-10+. The number of fused-ring (bicyclic) bond motifs is 1. The van der Waals surface area contributed by atoms with E-state index in [2.05, 4.69) is 4.98 Å². The Labute approximate surface area is 184 Å². The molecule has 0 unspecified atom stereocenters. The molecule has 3 aromatic rings. The van der Waals surface area contributed by atoms with Crippen LogP contribution in [0.15, 0.2) is 64.3 Å². The summed E-state index contributed by atoms with van der Waals surface area (Å²) >= 11 is 3.01. The molecule has 1 aromatic heterocycles. The van der Waals surface area contributed by atoms with Crippen LogP contribution in [0.2, 0.25) is 0 Å². The Balaban J connectivity index is 1.29. The molecule has 0 bridgehead atoms. The van der Waals surface area contributed by atoms with Gasteiger partial charge in [0.25, 0.3) is 0 Å². The van der Waals surface area contributed by atoms with Gasteiger partial charge in [-0.15, -0.1) is 11.3 Å². The van der Waals surface area contributed by atoms with E-state index in [0.717, 1.165) is 20.1 Å². The molecule has 1 amide bonds. The Bertz CT molecular complexity index is 1120. The molecule has 1 fully saturated rings. The highest BCUT2D eigenvalue weighted by molar-refractivity contribution is 8.01. The fourth-order valence-corrected chi connectivity index (χ4v) is 6.28. The monoisotopic (exact) mass is 459 g/mol. The quantitative estimate of drug-likeness (QED) is 0.528. The number of thioether (sulfide) groups is 1. The Morgan fingerprint density at radius 3 is 2.47 bits per heavy atom. The third-order valence-electron chi connectivity index (χ3n) is 4.78. The second-order valence-electron chi connectivity index (χ2n) is 6.77. The molecule has 0 aliphatic carbocycles. The zero-order valence-electron chi connectivity index (χ0n) is 16.2. The number of hydrogen-bond donors (Lipinski definition) is 0. The van der Waals surface area contributed by atoms with Crippen LogP contribution in [0.5, 0.6) is 0 Å². The first kappa shape index (κ1) is 21.0. The van der Waals surface area contributed by atoms with Crippen molar-refractivity contribution in [3.05, 3.63) is 65.6 Å². The molecule has 2 aromatic carbocycles. The minimum atomic E-state index is -3.50. The van der Waals surface area contributed by atoms with E-state index >= 15 is 0 Å². The van der Waals surface area contributed by atoms with Crippen LogP contribution < -0.4 is 0 Å². The minimum Gasteiger partial charge on any atom is -0.339 e. The fraction of sp³-hybridized carbons (Fsp3) is 0.238. The van der Waals surface area contributed by atoms with Gasteiger partial charge in [0.15, 0.2) is 4.34 Å². The summed E-state index contributed by atoms with van der Waals surface area (Å²) in [5, 5.41) is 1.24. The Morgan fingerprint density at radius 1 is 1.03 bits per heavy atom. The van der Waals surface area contributed by atoms with Gasteiger partial charge in [-0.1, -0.05) is 54.2 Å². The number of carbonyl (C=O) groups excluding carboxylic acids is 1. The summed E-state index contributed by atoms with van der Waals surface area (Å²) in [7, 11) is -3.50. The molecule has 0 radical (unpaired) electrons. The molecule has 2 heterocycles. The predicted molar refractivity (Wildman–Crippen MR) is 123 cm³/mol. The summed E-state index contributed by atoms with van der Waals surface area (Å²) in [5.41, 5.74) is 1.78. The van der Waals surface area contributed by atoms with Crippen LogP contribution in [-0.2, 0) is 14.8 Å². The lowest BCUT2D eigenvalue weighted by molar-refractivity contribution is -0.129. The molecule has 0 saturated carbocycles. The van der Waals surface area contributed by atoms with Crippen molar-refractivity contribution in [2.75, 3.05) is 31.9 Å². The fourth-order valence-electron chi connectivity index (χ4n) is 3.13. The second-order valence-corrected chi connectivity index (χ2v) is 10.8. The van der Waals surface area contributed by atoms with Gasteiger partial charge in [0.05, 0.1) is 16.0 Å². The first-order chi connectivity index (χ1) is 14.5. The summed E-state index contributed by atoms with van der Waals surface area (Å²) in [5.74, 6) is 0.316. The minimum absolute atomic E-state index is 0.0103. The van der Waals surface area contributed by atoms with E-state index in [4.69, 9.17) is 0 Å². The Kier molecular flexibility index (Phi) is 6.52. The molecule has 9 heteroatoms. The molecule has 6 nitrogen and oxygen atoms in total. The molecule has 0 N–H and O–H groups in total. The van der Waals surface area contributed by atoms with Gasteiger partial charge in [0, 0.05) is 31.6 Å². The maximum atomic E-state index is 12.6. The molecule has 1 aliphatic rings. The number of aromatic nitrogens is 1. The average molecular weight is 460 g/mol. The van der Waals surface area contributed by atoms with E-state index in [9.17, 15) is 13.2 Å². The van der Waals surface area contributed by atoms with Gasteiger partial charge in [-0.05, 0) is 23.8 Å². The number of carbonyl (C=O) groups is 1. The van der Waals surface area contributed by atoms with E-state index in [1.54, 1.807) is 22.3 Å². The average Bonchev–Trinajstić information content (AvgIpc) is 3.20. The van der Waals surface area contributed by atoms with Crippen LogP contribution in [0.4, 0.5) is 0 Å². The first-order valence-corrected chi connectivity index (χ1v) is 12.8. The molecular weight excluding hydrogens is 438 g/mol. The Hall–Kier alpha value is -2.20. The molecule has 1 aliphatic heterocycles. The normalized spacial score (nSPS) is 15.8. The van der Waals surface area contributed by atoms with Crippen molar-refractivity contribution >= 4 is 55.3 Å². The van der Waals surface area contributed by atoms with Gasteiger partial charge >= 0.3 is 0 Å². The molecule has 0 atom stereocenters. The highest BCUT2D eigenvalue weighted by Gasteiger charge is 2.27. The number of nitrogens with zero attached hydrogens (tertiary/aromatic N) is 3. The first-order valence-electron chi connectivity index (χ1n) is 9.51. The number of piperazine rings is 1. The van der Waals surface area contributed by atoms with E-state index in [0.29, 0.717) is 31.9 Å². The number of hydrogen-bond acceptors (Lipinski definition) is 6. The number of para-hydroxylation sites is 1. The highest BCUT2D eigenvalue weighted by atomic mass is 32.2. The third-order valence-corrected chi connectivity index (χ3v) is 8.51. The van der Waals surface area contributed by atoms with Crippen LogP contribution in [0.25, 0.3) is 16.3 Å². The van der Waals surface area contributed by atoms with Crippen molar-refractivity contribution in [3.63, 3.8) is 0 Å². The molecule has 4 rings (SSSR count). The number of sulfonamides is 1. The molecule has 156 valence electrons. The van der Waals surface area contributed by atoms with Gasteiger partial charge in [0.2, 0.25) is 15.9 Å². The summed E-state index contributed by atoms with van der Waals surface area (Å²) in [6, 6.07) is 17.2. The Morgan fingerprint density at radius 2 is 1.73 bits per heavy atom. The molecule has 1 saturated heterocycles. The van der Waals surface area contributed by atoms with E-state index in [1.807, 2.05) is 54.6 Å². The smallest absolute Gasteiger partial charge is 0.236 e. The summed E-state index contributed by atoms with van der Waals surface area (Å²) in [4.78, 5) is 18.8. The maximum Gasteiger partial charge on any atom is 0.236 e. The van der Waals surface area contributed by atoms with Crippen molar-refractivity contribution in [3.8, 4) is 0 Å². The lowest BCUT2D eigenvalue weighted by Crippen LogP contribution is -2.50. The summed E-state index contributed by atoms with van der Waals surface area (Å²) in [6.07, 6.45) is 1.60. The zero-order chi connectivity index (χ0) is 21.0. The van der Waals surface area contributed by atoms with Crippen molar-refractivity contribution in [1.29, 1.82) is 0 Å². The molecule has 30 heavy (non-hydrogen) atoms. The van der Waals surface area contributed by atoms with Crippen molar-refractivity contribution < 1.29 is 13.2 Å².